The Bertz CT molecular complexity index is 1730. The molecule has 0 atom stereocenters. The lowest BCUT2D eigenvalue weighted by atomic mass is 9.96. The van der Waals surface area contributed by atoms with Crippen molar-refractivity contribution < 1.29 is 9.59 Å². The maximum Gasteiger partial charge on any atom is 0.259 e. The number of anilines is 1. The molecule has 8 nitrogen and oxygen atoms in total. The van der Waals surface area contributed by atoms with Crippen LogP contribution in [0.4, 0.5) is 5.82 Å². The van der Waals surface area contributed by atoms with Crippen LogP contribution in [0.25, 0.3) is 22.5 Å². The van der Waals surface area contributed by atoms with Gasteiger partial charge < -0.3 is 5.32 Å². The zero-order valence-electron chi connectivity index (χ0n) is 22.1. The van der Waals surface area contributed by atoms with Gasteiger partial charge in [0, 0.05) is 34.3 Å². The van der Waals surface area contributed by atoms with Crippen molar-refractivity contribution in [2.45, 2.75) is 33.9 Å². The number of hydrogen-bond donors (Lipinski definition) is 1. The smallest absolute Gasteiger partial charge is 0.259 e. The summed E-state index contributed by atoms with van der Waals surface area (Å²) in [6.07, 6.45) is 3.23. The van der Waals surface area contributed by atoms with E-state index in [9.17, 15) is 14.4 Å². The molecule has 0 aromatic carbocycles. The zero-order chi connectivity index (χ0) is 28.4. The number of nitrogens with one attached hydrogen (secondary N) is 1. The summed E-state index contributed by atoms with van der Waals surface area (Å²) in [7, 11) is 0. The van der Waals surface area contributed by atoms with Crippen LogP contribution >= 0.6 is 34.3 Å². The first-order valence-corrected chi connectivity index (χ1v) is 14.5. The Balaban J connectivity index is 1.62. The summed E-state index contributed by atoms with van der Waals surface area (Å²) >= 11 is 8.86. The number of halogens is 1. The first-order valence-electron chi connectivity index (χ1n) is 12.5. The first-order chi connectivity index (χ1) is 19.1. The normalized spacial score (nSPS) is 11.5. The van der Waals surface area contributed by atoms with E-state index >= 15 is 0 Å². The van der Waals surface area contributed by atoms with E-state index in [4.69, 9.17) is 11.6 Å². The fraction of sp³-hybridized carbons (Fsp3) is 0.207. The number of carbonyl (C=O) groups is 2. The molecule has 40 heavy (non-hydrogen) atoms. The second-order valence-corrected chi connectivity index (χ2v) is 12.8. The third kappa shape index (κ3) is 5.84. The van der Waals surface area contributed by atoms with Crippen molar-refractivity contribution in [2.75, 3.05) is 5.32 Å². The minimum atomic E-state index is -0.716. The molecule has 11 heteroatoms. The molecule has 1 N–H and O–H groups in total. The van der Waals surface area contributed by atoms with E-state index in [1.807, 2.05) is 38.3 Å². The van der Waals surface area contributed by atoms with Gasteiger partial charge in [-0.15, -0.1) is 22.7 Å². The van der Waals surface area contributed by atoms with Crippen molar-refractivity contribution in [3.8, 4) is 22.5 Å². The molecule has 0 fully saturated rings. The summed E-state index contributed by atoms with van der Waals surface area (Å²) in [5, 5.41) is 9.76. The maximum absolute atomic E-state index is 13.8. The van der Waals surface area contributed by atoms with Gasteiger partial charge >= 0.3 is 0 Å². The van der Waals surface area contributed by atoms with E-state index in [2.05, 4.69) is 15.4 Å². The fourth-order valence-corrected chi connectivity index (χ4v) is 5.78. The average molecular weight is 592 g/mol. The Morgan fingerprint density at radius 1 is 1.05 bits per heavy atom. The predicted molar refractivity (Wildman–Crippen MR) is 161 cm³/mol. The Morgan fingerprint density at radius 3 is 2.48 bits per heavy atom. The van der Waals surface area contributed by atoms with Gasteiger partial charge in [0.25, 0.3) is 11.5 Å². The van der Waals surface area contributed by atoms with E-state index in [0.29, 0.717) is 44.1 Å². The van der Waals surface area contributed by atoms with Crippen LogP contribution in [0.1, 0.15) is 40.1 Å². The van der Waals surface area contributed by atoms with Crippen LogP contribution in [-0.4, -0.2) is 31.0 Å². The first kappa shape index (κ1) is 27.7. The number of aromatic nitrogens is 4. The number of hydrogen-bond acceptors (Lipinski definition) is 8. The molecular formula is C29H26ClN5O3S2. The Kier molecular flexibility index (Phi) is 7.84. The minimum absolute atomic E-state index is 0.176. The summed E-state index contributed by atoms with van der Waals surface area (Å²) in [5.41, 5.74) is 0.883. The molecule has 0 aliphatic carbocycles. The molecule has 0 amide bonds. The second kappa shape index (κ2) is 11.3. The molecule has 0 saturated carbocycles. The predicted octanol–water partition coefficient (Wildman–Crippen LogP) is 6.73. The van der Waals surface area contributed by atoms with Crippen molar-refractivity contribution in [1.82, 2.24) is 19.3 Å². The van der Waals surface area contributed by atoms with Crippen LogP contribution in [-0.2, 0) is 13.1 Å². The van der Waals surface area contributed by atoms with Crippen LogP contribution in [0.2, 0.25) is 4.34 Å². The van der Waals surface area contributed by atoms with E-state index in [1.165, 1.54) is 31.9 Å². The quantitative estimate of drug-likeness (QED) is 0.201. The highest BCUT2D eigenvalue weighted by atomic mass is 35.5. The van der Waals surface area contributed by atoms with Gasteiger partial charge in [-0.3, -0.25) is 23.9 Å². The Morgan fingerprint density at radius 2 is 1.82 bits per heavy atom. The Labute approximate surface area is 243 Å². The molecule has 0 unspecified atom stereocenters. The monoisotopic (exact) mass is 591 g/mol. The van der Waals surface area contributed by atoms with Gasteiger partial charge in [-0.1, -0.05) is 38.4 Å². The molecule has 0 radical (unpaired) electrons. The van der Waals surface area contributed by atoms with Gasteiger partial charge in [0.15, 0.2) is 5.78 Å². The van der Waals surface area contributed by atoms with Crippen molar-refractivity contribution in [1.29, 1.82) is 0 Å². The highest BCUT2D eigenvalue weighted by molar-refractivity contribution is 7.16. The van der Waals surface area contributed by atoms with Crippen LogP contribution in [0.15, 0.2) is 77.2 Å². The van der Waals surface area contributed by atoms with Crippen molar-refractivity contribution >= 4 is 51.8 Å². The number of carbonyl (C=O) groups excluding carboxylic acids is 2. The molecule has 0 saturated heterocycles. The molecule has 5 aromatic rings. The number of thiophene rings is 2. The molecule has 0 bridgehead atoms. The summed E-state index contributed by atoms with van der Waals surface area (Å²) in [6, 6.07) is 16.0. The standard InChI is InChI=1S/C29H26ClN5O3S2/c1-29(2,3)28(38)35-26(32-16-19-6-9-25(30)40-19)15-21(33-35)22-8-7-20(18-10-12-31-13-11-18)27(37)34(22)17-23(36)24-5-4-14-39-24/h4-15,32H,16-17H2,1-3H3. The largest absolute Gasteiger partial charge is 0.365 e. The summed E-state index contributed by atoms with van der Waals surface area (Å²) in [6.45, 7) is 5.71. The molecule has 5 rings (SSSR count). The van der Waals surface area contributed by atoms with E-state index in [1.54, 1.807) is 54.9 Å². The number of rotatable bonds is 8. The molecular weight excluding hydrogens is 566 g/mol. The zero-order valence-corrected chi connectivity index (χ0v) is 24.4. The van der Waals surface area contributed by atoms with Gasteiger partial charge in [0.1, 0.15) is 11.5 Å². The number of nitrogens with zero attached hydrogens (tertiary/aromatic N) is 4. The van der Waals surface area contributed by atoms with Crippen LogP contribution in [0, 0.1) is 5.41 Å². The van der Waals surface area contributed by atoms with Gasteiger partial charge in [-0.2, -0.15) is 9.78 Å². The van der Waals surface area contributed by atoms with Gasteiger partial charge in [0.05, 0.1) is 28.0 Å². The number of Topliss-reactive ketones (excluding diaryl/α,β-unsaturated/α-hetero) is 1. The topological polar surface area (TPSA) is 98.9 Å². The summed E-state index contributed by atoms with van der Waals surface area (Å²) in [4.78, 5) is 46.0. The highest BCUT2D eigenvalue weighted by Gasteiger charge is 2.28. The fourth-order valence-electron chi connectivity index (χ4n) is 4.10. The number of ketones is 1. The lowest BCUT2D eigenvalue weighted by Crippen LogP contribution is -2.29. The highest BCUT2D eigenvalue weighted by Crippen LogP contribution is 2.28. The van der Waals surface area contributed by atoms with Gasteiger partial charge in [0.2, 0.25) is 0 Å². The number of pyridine rings is 2. The van der Waals surface area contributed by atoms with E-state index < -0.39 is 5.41 Å². The third-order valence-corrected chi connectivity index (χ3v) is 8.28. The van der Waals surface area contributed by atoms with Crippen LogP contribution < -0.4 is 10.9 Å². The molecule has 0 aliphatic rings. The van der Waals surface area contributed by atoms with Crippen molar-refractivity contribution in [3.63, 3.8) is 0 Å². The Hall–Kier alpha value is -3.86. The van der Waals surface area contributed by atoms with Crippen LogP contribution in [0.5, 0.6) is 0 Å². The summed E-state index contributed by atoms with van der Waals surface area (Å²) < 4.78 is 3.43. The second-order valence-electron chi connectivity index (χ2n) is 10.1. The molecule has 5 heterocycles. The van der Waals surface area contributed by atoms with Crippen molar-refractivity contribution in [2.24, 2.45) is 5.41 Å². The van der Waals surface area contributed by atoms with Crippen molar-refractivity contribution in [3.05, 3.63) is 96.8 Å². The lowest BCUT2D eigenvalue weighted by Gasteiger charge is -2.18. The molecule has 0 spiro atoms. The van der Waals surface area contributed by atoms with Gasteiger partial charge in [-0.25, -0.2) is 0 Å². The average Bonchev–Trinajstić information content (AvgIpc) is 3.69. The third-order valence-electron chi connectivity index (χ3n) is 6.14. The molecule has 0 aliphatic heterocycles. The van der Waals surface area contributed by atoms with E-state index in [0.717, 1.165) is 4.88 Å². The van der Waals surface area contributed by atoms with E-state index in [-0.39, 0.29) is 23.8 Å². The van der Waals surface area contributed by atoms with Gasteiger partial charge in [-0.05, 0) is 53.4 Å². The maximum atomic E-state index is 13.8. The van der Waals surface area contributed by atoms with Crippen LogP contribution in [0.3, 0.4) is 0 Å². The summed E-state index contributed by atoms with van der Waals surface area (Å²) in [5.74, 6) is 0.0621. The SMILES string of the molecule is CC(C)(C)C(=O)n1nc(-c2ccc(-c3ccncc3)c(=O)n2CC(=O)c2cccs2)cc1NCc1ccc(Cl)s1. The molecule has 5 aromatic heterocycles. The lowest BCUT2D eigenvalue weighted by molar-refractivity contribution is 0.0752. The minimum Gasteiger partial charge on any atom is -0.365 e. The molecule has 204 valence electrons.